The van der Waals surface area contributed by atoms with Crippen LogP contribution in [0.4, 0.5) is 0 Å². The number of aromatic nitrogens is 1. The number of hydrogen-bond acceptors (Lipinski definition) is 2. The zero-order chi connectivity index (χ0) is 17.8. The van der Waals surface area contributed by atoms with Gasteiger partial charge in [-0.25, -0.2) is 4.79 Å². The Morgan fingerprint density at radius 1 is 1.12 bits per heavy atom. The molecule has 0 bridgehead atoms. The van der Waals surface area contributed by atoms with E-state index in [9.17, 15) is 14.7 Å². The molecule has 6 heteroatoms. The Hall–Kier alpha value is -2.60. The lowest BCUT2D eigenvalue weighted by molar-refractivity contribution is -0.142. The van der Waals surface area contributed by atoms with E-state index in [0.29, 0.717) is 12.1 Å². The first-order valence-electron chi connectivity index (χ1n) is 7.86. The van der Waals surface area contributed by atoms with Crippen LogP contribution in [0, 0.1) is 0 Å². The molecule has 0 radical (unpaired) electrons. The van der Waals surface area contributed by atoms with Crippen LogP contribution in [0.5, 0.6) is 0 Å². The van der Waals surface area contributed by atoms with Crippen LogP contribution in [0.2, 0.25) is 0 Å². The van der Waals surface area contributed by atoms with Gasteiger partial charge in [0.25, 0.3) is 0 Å². The van der Waals surface area contributed by atoms with Crippen LogP contribution in [0.25, 0.3) is 10.9 Å². The van der Waals surface area contributed by atoms with Crippen LogP contribution in [0.1, 0.15) is 18.0 Å². The van der Waals surface area contributed by atoms with Crippen molar-refractivity contribution in [3.63, 3.8) is 0 Å². The van der Waals surface area contributed by atoms with Crippen molar-refractivity contribution in [2.45, 2.75) is 19.0 Å². The summed E-state index contributed by atoms with van der Waals surface area (Å²) in [6.07, 6.45) is 2.13. The first-order chi connectivity index (χ1) is 12.0. The molecule has 1 heterocycles. The Kier molecular flexibility index (Phi) is 5.19. The quantitative estimate of drug-likeness (QED) is 0.661. The van der Waals surface area contributed by atoms with E-state index in [0.717, 1.165) is 15.4 Å². The highest BCUT2D eigenvalue weighted by Crippen LogP contribution is 2.21. The predicted molar refractivity (Wildman–Crippen MR) is 99.2 cm³/mol. The molecule has 0 unspecified atom stereocenters. The molecule has 0 aliphatic heterocycles. The topological polar surface area (TPSA) is 71.3 Å². The molecule has 5 nitrogen and oxygen atoms in total. The van der Waals surface area contributed by atoms with E-state index in [4.69, 9.17) is 0 Å². The molecule has 3 rings (SSSR count). The van der Waals surface area contributed by atoms with Gasteiger partial charge in [-0.05, 0) is 29.8 Å². The molecule has 0 saturated carbocycles. The predicted octanol–water partition coefficient (Wildman–Crippen LogP) is 3.74. The summed E-state index contributed by atoms with van der Waals surface area (Å²) in [6.45, 7) is 0.484. The van der Waals surface area contributed by atoms with Gasteiger partial charge >= 0.3 is 5.97 Å². The van der Waals surface area contributed by atoms with E-state index < -0.39 is 12.0 Å². The Morgan fingerprint density at radius 3 is 2.60 bits per heavy atom. The van der Waals surface area contributed by atoms with Crippen LogP contribution in [0.3, 0.4) is 0 Å². The fraction of sp³-hybridized carbons (Fsp3) is 0.158. The van der Waals surface area contributed by atoms with Gasteiger partial charge in [0.1, 0.15) is 0 Å². The van der Waals surface area contributed by atoms with Crippen LogP contribution in [-0.4, -0.2) is 21.6 Å². The number of aryl methyl sites for hydroxylation is 1. The number of carboxylic acids is 1. The first-order valence-corrected chi connectivity index (χ1v) is 8.65. The zero-order valence-electron chi connectivity index (χ0n) is 13.4. The monoisotopic (exact) mass is 400 g/mol. The summed E-state index contributed by atoms with van der Waals surface area (Å²) in [7, 11) is 0. The van der Waals surface area contributed by atoms with Gasteiger partial charge in [0, 0.05) is 34.5 Å². The van der Waals surface area contributed by atoms with E-state index in [-0.39, 0.29) is 12.3 Å². The lowest BCUT2D eigenvalue weighted by atomic mass is 10.1. The summed E-state index contributed by atoms with van der Waals surface area (Å²) in [5, 5.41) is 13.0. The second kappa shape index (κ2) is 7.53. The SMILES string of the molecule is O=C(CCn1ccc2cc(Br)ccc21)N[C@@H](C(=O)O)c1ccccc1. The summed E-state index contributed by atoms with van der Waals surface area (Å²) < 4.78 is 2.99. The molecule has 128 valence electrons. The highest BCUT2D eigenvalue weighted by Gasteiger charge is 2.21. The van der Waals surface area contributed by atoms with Crippen molar-refractivity contribution >= 4 is 38.7 Å². The number of carbonyl (C=O) groups is 2. The van der Waals surface area contributed by atoms with E-state index in [2.05, 4.69) is 21.2 Å². The molecule has 1 amide bonds. The minimum atomic E-state index is -1.07. The van der Waals surface area contributed by atoms with Crippen molar-refractivity contribution in [3.05, 3.63) is 70.8 Å². The molecule has 2 aromatic carbocycles. The Morgan fingerprint density at radius 2 is 1.88 bits per heavy atom. The average molecular weight is 401 g/mol. The lowest BCUT2D eigenvalue weighted by Crippen LogP contribution is -2.34. The fourth-order valence-electron chi connectivity index (χ4n) is 2.75. The normalized spacial score (nSPS) is 12.0. The Balaban J connectivity index is 1.66. The van der Waals surface area contributed by atoms with Gasteiger partial charge in [-0.1, -0.05) is 46.3 Å². The third-order valence-electron chi connectivity index (χ3n) is 4.00. The van der Waals surface area contributed by atoms with Crippen molar-refractivity contribution < 1.29 is 14.7 Å². The number of carboxylic acid groups (broad SMARTS) is 1. The molecule has 0 fully saturated rings. The molecule has 0 saturated heterocycles. The van der Waals surface area contributed by atoms with Crippen LogP contribution in [-0.2, 0) is 16.1 Å². The van der Waals surface area contributed by atoms with Gasteiger partial charge in [-0.3, -0.25) is 4.79 Å². The fourth-order valence-corrected chi connectivity index (χ4v) is 3.13. The van der Waals surface area contributed by atoms with Gasteiger partial charge in [0.2, 0.25) is 5.91 Å². The average Bonchev–Trinajstić information content (AvgIpc) is 3.00. The van der Waals surface area contributed by atoms with Crippen molar-refractivity contribution in [2.75, 3.05) is 0 Å². The molecule has 0 aliphatic rings. The summed E-state index contributed by atoms with van der Waals surface area (Å²) in [5.74, 6) is -1.37. The molecule has 0 spiro atoms. The maximum atomic E-state index is 12.2. The minimum Gasteiger partial charge on any atom is -0.479 e. The number of fused-ring (bicyclic) bond motifs is 1. The van der Waals surface area contributed by atoms with Gasteiger partial charge < -0.3 is 15.0 Å². The third kappa shape index (κ3) is 4.09. The van der Waals surface area contributed by atoms with E-state index in [1.165, 1.54) is 0 Å². The summed E-state index contributed by atoms with van der Waals surface area (Å²) in [4.78, 5) is 23.7. The number of aliphatic carboxylic acids is 1. The molecular weight excluding hydrogens is 384 g/mol. The maximum absolute atomic E-state index is 12.2. The number of benzene rings is 2. The molecule has 25 heavy (non-hydrogen) atoms. The molecule has 0 aliphatic carbocycles. The Bertz CT molecular complexity index is 905. The second-order valence-electron chi connectivity index (χ2n) is 5.71. The van der Waals surface area contributed by atoms with Crippen LogP contribution >= 0.6 is 15.9 Å². The molecule has 2 N–H and O–H groups in total. The molecular formula is C19H17BrN2O3. The van der Waals surface area contributed by atoms with Gasteiger partial charge in [-0.15, -0.1) is 0 Å². The van der Waals surface area contributed by atoms with Crippen LogP contribution in [0.15, 0.2) is 65.3 Å². The smallest absolute Gasteiger partial charge is 0.330 e. The van der Waals surface area contributed by atoms with Crippen molar-refractivity contribution in [2.24, 2.45) is 0 Å². The molecule has 1 atom stereocenters. The van der Waals surface area contributed by atoms with E-state index in [1.54, 1.807) is 30.3 Å². The van der Waals surface area contributed by atoms with E-state index in [1.807, 2.05) is 35.0 Å². The highest BCUT2D eigenvalue weighted by atomic mass is 79.9. The number of nitrogens with zero attached hydrogens (tertiary/aromatic N) is 1. The summed E-state index contributed by atoms with van der Waals surface area (Å²) in [6, 6.07) is 15.6. The first kappa shape index (κ1) is 17.2. The van der Waals surface area contributed by atoms with Crippen molar-refractivity contribution in [3.8, 4) is 0 Å². The van der Waals surface area contributed by atoms with Crippen molar-refractivity contribution in [1.82, 2.24) is 9.88 Å². The number of nitrogens with one attached hydrogen (secondary N) is 1. The van der Waals surface area contributed by atoms with E-state index >= 15 is 0 Å². The largest absolute Gasteiger partial charge is 0.479 e. The number of hydrogen-bond donors (Lipinski definition) is 2. The third-order valence-corrected chi connectivity index (χ3v) is 4.49. The van der Waals surface area contributed by atoms with Gasteiger partial charge in [-0.2, -0.15) is 0 Å². The lowest BCUT2D eigenvalue weighted by Gasteiger charge is -2.15. The van der Waals surface area contributed by atoms with Gasteiger partial charge in [0.05, 0.1) is 0 Å². The zero-order valence-corrected chi connectivity index (χ0v) is 14.9. The summed E-state index contributed by atoms with van der Waals surface area (Å²) >= 11 is 3.44. The van der Waals surface area contributed by atoms with Crippen molar-refractivity contribution in [1.29, 1.82) is 0 Å². The second-order valence-corrected chi connectivity index (χ2v) is 6.63. The highest BCUT2D eigenvalue weighted by molar-refractivity contribution is 9.10. The van der Waals surface area contributed by atoms with Gasteiger partial charge in [0.15, 0.2) is 6.04 Å². The standard InChI is InChI=1S/C19H17BrN2O3/c20-15-6-7-16-14(12-15)8-10-22(16)11-9-17(23)21-18(19(24)25)13-4-2-1-3-5-13/h1-8,10,12,18H,9,11H2,(H,21,23)(H,24,25)/t18-/m1/s1. The minimum absolute atomic E-state index is 0.205. The van der Waals surface area contributed by atoms with Crippen LogP contribution < -0.4 is 5.32 Å². The number of halogens is 1. The molecule has 3 aromatic rings. The number of amides is 1. The Labute approximate surface area is 153 Å². The summed E-state index contributed by atoms with van der Waals surface area (Å²) in [5.41, 5.74) is 1.59. The number of rotatable bonds is 6. The molecule has 1 aromatic heterocycles. The number of carbonyl (C=O) groups excluding carboxylic acids is 1. The maximum Gasteiger partial charge on any atom is 0.330 e.